The van der Waals surface area contributed by atoms with Gasteiger partial charge in [0.05, 0.1) is 17.7 Å². The third kappa shape index (κ3) is 3.55. The molecule has 3 nitrogen and oxygen atoms in total. The molecule has 0 spiro atoms. The molecule has 0 aromatic heterocycles. The first-order valence-electron chi connectivity index (χ1n) is 8.90. The van der Waals surface area contributed by atoms with E-state index < -0.39 is 0 Å². The van der Waals surface area contributed by atoms with Crippen LogP contribution in [0.15, 0.2) is 72.8 Å². The Morgan fingerprint density at radius 1 is 0.821 bits per heavy atom. The number of imide groups is 1. The van der Waals surface area contributed by atoms with E-state index >= 15 is 0 Å². The average molecular weight is 386 g/mol. The Morgan fingerprint density at radius 2 is 1.46 bits per heavy atom. The molecule has 0 fully saturated rings. The van der Waals surface area contributed by atoms with E-state index in [1.54, 1.807) is 30.3 Å². The van der Waals surface area contributed by atoms with E-state index in [9.17, 15) is 9.59 Å². The van der Waals surface area contributed by atoms with Gasteiger partial charge in [-0.05, 0) is 47.9 Å². The molecule has 3 aromatic rings. The van der Waals surface area contributed by atoms with E-state index in [4.69, 9.17) is 11.6 Å². The molecule has 0 bridgehead atoms. The number of carbonyl (C=O) groups excluding carboxylic acids is 2. The van der Waals surface area contributed by atoms with Crippen molar-refractivity contribution in [2.45, 2.75) is 6.42 Å². The van der Waals surface area contributed by atoms with Gasteiger partial charge in [-0.2, -0.15) is 0 Å². The lowest BCUT2D eigenvalue weighted by atomic mass is 10.00. The summed E-state index contributed by atoms with van der Waals surface area (Å²) < 4.78 is 0. The molecule has 0 unspecified atom stereocenters. The zero-order chi connectivity index (χ0) is 19.5. The van der Waals surface area contributed by atoms with E-state index in [0.29, 0.717) is 22.6 Å². The minimum Gasteiger partial charge on any atom is -0.269 e. The fourth-order valence-corrected chi connectivity index (χ4v) is 3.44. The lowest BCUT2D eigenvalue weighted by molar-refractivity contribution is 0.0675. The second kappa shape index (κ2) is 7.72. The number of halogens is 1. The van der Waals surface area contributed by atoms with Crippen LogP contribution in [0.3, 0.4) is 0 Å². The Kier molecular flexibility index (Phi) is 4.97. The molecule has 4 rings (SSSR count). The second-order valence-electron chi connectivity index (χ2n) is 6.51. The molecule has 2 amide bonds. The first-order chi connectivity index (χ1) is 13.6. The first-order valence-corrected chi connectivity index (χ1v) is 9.28. The number of rotatable bonds is 3. The summed E-state index contributed by atoms with van der Waals surface area (Å²) in [5, 5.41) is 0.650. The van der Waals surface area contributed by atoms with Crippen LogP contribution in [0, 0.1) is 11.8 Å². The molecule has 0 saturated carbocycles. The number of hydrogen-bond donors (Lipinski definition) is 0. The summed E-state index contributed by atoms with van der Waals surface area (Å²) in [6.07, 6.45) is 0.707. The highest BCUT2D eigenvalue weighted by Gasteiger charge is 2.34. The Morgan fingerprint density at radius 3 is 2.14 bits per heavy atom. The van der Waals surface area contributed by atoms with Crippen molar-refractivity contribution in [2.24, 2.45) is 0 Å². The maximum Gasteiger partial charge on any atom is 0.262 e. The highest BCUT2D eigenvalue weighted by atomic mass is 35.5. The van der Waals surface area contributed by atoms with Crippen LogP contribution >= 0.6 is 11.6 Å². The molecule has 0 atom stereocenters. The van der Waals surface area contributed by atoms with Crippen LogP contribution < -0.4 is 0 Å². The van der Waals surface area contributed by atoms with Crippen LogP contribution in [0.5, 0.6) is 0 Å². The van der Waals surface area contributed by atoms with Crippen molar-refractivity contribution < 1.29 is 9.59 Å². The van der Waals surface area contributed by atoms with Crippen molar-refractivity contribution in [3.63, 3.8) is 0 Å². The van der Waals surface area contributed by atoms with Crippen LogP contribution in [-0.4, -0.2) is 23.3 Å². The van der Waals surface area contributed by atoms with Crippen LogP contribution in [0.4, 0.5) is 0 Å². The van der Waals surface area contributed by atoms with Gasteiger partial charge in [0.2, 0.25) is 0 Å². The molecule has 1 aliphatic heterocycles. The third-order valence-electron chi connectivity index (χ3n) is 4.64. The number of nitrogens with zero attached hydrogens (tertiary/aromatic N) is 1. The van der Waals surface area contributed by atoms with E-state index in [1.165, 1.54) is 4.90 Å². The fourth-order valence-electron chi connectivity index (χ4n) is 3.24. The maximum atomic E-state index is 12.4. The molecule has 1 aliphatic rings. The van der Waals surface area contributed by atoms with Crippen molar-refractivity contribution in [1.82, 2.24) is 4.90 Å². The van der Waals surface area contributed by atoms with Crippen LogP contribution in [0.2, 0.25) is 5.02 Å². The molecule has 3 aromatic carbocycles. The monoisotopic (exact) mass is 385 g/mol. The minimum atomic E-state index is -0.296. The van der Waals surface area contributed by atoms with Crippen molar-refractivity contribution >= 4 is 23.4 Å². The van der Waals surface area contributed by atoms with E-state index in [2.05, 4.69) is 24.0 Å². The van der Waals surface area contributed by atoms with Gasteiger partial charge in [-0.25, -0.2) is 0 Å². The molecule has 0 N–H and O–H groups in total. The highest BCUT2D eigenvalue weighted by Crippen LogP contribution is 2.22. The summed E-state index contributed by atoms with van der Waals surface area (Å²) >= 11 is 6.16. The van der Waals surface area contributed by atoms with Crippen LogP contribution in [-0.2, 0) is 6.42 Å². The van der Waals surface area contributed by atoms with Gasteiger partial charge in [0.1, 0.15) is 0 Å². The van der Waals surface area contributed by atoms with Gasteiger partial charge in [-0.3, -0.25) is 14.5 Å². The zero-order valence-corrected chi connectivity index (χ0v) is 15.7. The van der Waals surface area contributed by atoms with Gasteiger partial charge in [0.15, 0.2) is 0 Å². The van der Waals surface area contributed by atoms with Gasteiger partial charge < -0.3 is 0 Å². The Balaban J connectivity index is 1.56. The normalized spacial score (nSPS) is 12.5. The van der Waals surface area contributed by atoms with Crippen LogP contribution in [0.25, 0.3) is 0 Å². The maximum absolute atomic E-state index is 12.4. The lowest BCUT2D eigenvalue weighted by Crippen LogP contribution is -2.30. The Labute approximate surface area is 168 Å². The van der Waals surface area contributed by atoms with E-state index in [1.807, 2.05) is 30.3 Å². The highest BCUT2D eigenvalue weighted by molar-refractivity contribution is 6.30. The van der Waals surface area contributed by atoms with Gasteiger partial charge >= 0.3 is 0 Å². The standard InChI is InChI=1S/C24H16ClNO2/c25-20-13-12-18(19(16-20)15-17-7-2-1-3-8-17)9-6-14-26-23(27)21-10-4-5-11-22(21)24(26)28/h1-5,7-8,10-13,16H,14-15H2. The molecular weight excluding hydrogens is 370 g/mol. The minimum absolute atomic E-state index is 0.0553. The molecule has 28 heavy (non-hydrogen) atoms. The predicted molar refractivity (Wildman–Crippen MR) is 109 cm³/mol. The SMILES string of the molecule is O=C1c2ccccc2C(=O)N1CC#Cc1ccc(Cl)cc1Cc1ccccc1. The van der Waals surface area contributed by atoms with Crippen molar-refractivity contribution in [3.8, 4) is 11.8 Å². The molecular formula is C24H16ClNO2. The average Bonchev–Trinajstić information content (AvgIpc) is 2.95. The molecule has 0 radical (unpaired) electrons. The predicted octanol–water partition coefficient (Wildman–Crippen LogP) is 4.58. The Bertz CT molecular complexity index is 1090. The van der Waals surface area contributed by atoms with Gasteiger partial charge in [0.25, 0.3) is 11.8 Å². The molecule has 1 heterocycles. The summed E-state index contributed by atoms with van der Waals surface area (Å²) in [7, 11) is 0. The smallest absolute Gasteiger partial charge is 0.262 e. The van der Waals surface area contributed by atoms with Gasteiger partial charge in [0, 0.05) is 10.6 Å². The topological polar surface area (TPSA) is 37.4 Å². The first kappa shape index (κ1) is 18.0. The van der Waals surface area contributed by atoms with Gasteiger partial charge in [-0.1, -0.05) is 65.9 Å². The lowest BCUT2D eigenvalue weighted by Gasteiger charge is -2.09. The number of carbonyl (C=O) groups is 2. The number of fused-ring (bicyclic) bond motifs is 1. The summed E-state index contributed by atoms with van der Waals surface area (Å²) in [4.78, 5) is 26.0. The summed E-state index contributed by atoms with van der Waals surface area (Å²) in [6.45, 7) is 0.0553. The molecule has 0 saturated heterocycles. The van der Waals surface area contributed by atoms with Crippen molar-refractivity contribution in [2.75, 3.05) is 6.54 Å². The van der Waals surface area contributed by atoms with E-state index in [0.717, 1.165) is 16.7 Å². The molecule has 136 valence electrons. The number of amides is 2. The summed E-state index contributed by atoms with van der Waals surface area (Å²) in [5.41, 5.74) is 3.88. The summed E-state index contributed by atoms with van der Waals surface area (Å²) in [5.74, 6) is 5.49. The second-order valence-corrected chi connectivity index (χ2v) is 6.94. The number of benzene rings is 3. The third-order valence-corrected chi connectivity index (χ3v) is 4.88. The van der Waals surface area contributed by atoms with Crippen LogP contribution in [0.1, 0.15) is 37.4 Å². The fraction of sp³-hybridized carbons (Fsp3) is 0.0833. The van der Waals surface area contributed by atoms with Crippen molar-refractivity contribution in [1.29, 1.82) is 0 Å². The summed E-state index contributed by atoms with van der Waals surface area (Å²) in [6, 6.07) is 22.5. The quantitative estimate of drug-likeness (QED) is 0.489. The molecule has 0 aliphatic carbocycles. The van der Waals surface area contributed by atoms with Crippen molar-refractivity contribution in [3.05, 3.63) is 106 Å². The number of hydrogen-bond acceptors (Lipinski definition) is 2. The molecule has 4 heteroatoms. The largest absolute Gasteiger partial charge is 0.269 e. The van der Waals surface area contributed by atoms with Gasteiger partial charge in [-0.15, -0.1) is 0 Å². The van der Waals surface area contributed by atoms with E-state index in [-0.39, 0.29) is 18.4 Å². The Hall–Kier alpha value is -3.35. The zero-order valence-electron chi connectivity index (χ0n) is 15.0.